The van der Waals surface area contributed by atoms with E-state index in [0.717, 1.165) is 13.0 Å². The molecule has 7 heteroatoms. The molecule has 17 heavy (non-hydrogen) atoms. The maximum absolute atomic E-state index is 10.8. The van der Waals surface area contributed by atoms with Crippen molar-refractivity contribution in [3.05, 3.63) is 27.9 Å². The summed E-state index contributed by atoms with van der Waals surface area (Å²) in [6.07, 6.45) is 1.00. The fraction of sp³-hybridized carbons (Fsp3) is 0.400. The SMILES string of the molecule is N#Cc1ccc([N+](=O)[O-])c(NC[C@@H]2CCO2)n1. The Bertz CT molecular complexity index is 479. The summed E-state index contributed by atoms with van der Waals surface area (Å²) in [4.78, 5) is 14.1. The molecule has 88 valence electrons. The molecule has 2 heterocycles. The van der Waals surface area contributed by atoms with Crippen molar-refractivity contribution in [1.29, 1.82) is 5.26 Å². The third-order valence-electron chi connectivity index (χ3n) is 2.48. The van der Waals surface area contributed by atoms with E-state index in [4.69, 9.17) is 10.00 Å². The van der Waals surface area contributed by atoms with Crippen LogP contribution in [-0.4, -0.2) is 29.2 Å². The van der Waals surface area contributed by atoms with E-state index in [1.807, 2.05) is 6.07 Å². The summed E-state index contributed by atoms with van der Waals surface area (Å²) >= 11 is 0. The molecule has 0 aliphatic carbocycles. The highest BCUT2D eigenvalue weighted by molar-refractivity contribution is 5.57. The lowest BCUT2D eigenvalue weighted by molar-refractivity contribution is -0.384. The van der Waals surface area contributed by atoms with Crippen LogP contribution < -0.4 is 5.32 Å². The number of hydrogen-bond acceptors (Lipinski definition) is 6. The summed E-state index contributed by atoms with van der Waals surface area (Å²) in [5, 5.41) is 22.3. The zero-order chi connectivity index (χ0) is 12.3. The van der Waals surface area contributed by atoms with E-state index in [2.05, 4.69) is 10.3 Å². The summed E-state index contributed by atoms with van der Waals surface area (Å²) in [6, 6.07) is 4.44. The second-order valence-electron chi connectivity index (χ2n) is 3.60. The van der Waals surface area contributed by atoms with Gasteiger partial charge in [0, 0.05) is 19.2 Å². The van der Waals surface area contributed by atoms with Crippen LogP contribution >= 0.6 is 0 Å². The Morgan fingerprint density at radius 2 is 2.47 bits per heavy atom. The second kappa shape index (κ2) is 4.76. The highest BCUT2D eigenvalue weighted by atomic mass is 16.6. The Hall–Kier alpha value is -2.20. The maximum atomic E-state index is 10.8. The van der Waals surface area contributed by atoms with Gasteiger partial charge in [0.1, 0.15) is 11.8 Å². The first kappa shape index (κ1) is 11.3. The Balaban J connectivity index is 2.15. The number of nitrogens with one attached hydrogen (secondary N) is 1. The number of nitro groups is 1. The van der Waals surface area contributed by atoms with E-state index in [1.54, 1.807) is 0 Å². The number of nitriles is 1. The molecule has 7 nitrogen and oxygen atoms in total. The molecule has 1 aromatic rings. The predicted molar refractivity (Wildman–Crippen MR) is 58.5 cm³/mol. The number of rotatable bonds is 4. The average molecular weight is 234 g/mol. The number of hydrogen-bond donors (Lipinski definition) is 1. The van der Waals surface area contributed by atoms with E-state index >= 15 is 0 Å². The van der Waals surface area contributed by atoms with Gasteiger partial charge in [0.2, 0.25) is 5.82 Å². The highest BCUT2D eigenvalue weighted by Gasteiger charge is 2.21. The van der Waals surface area contributed by atoms with Gasteiger partial charge in [0.25, 0.3) is 0 Å². The molecule has 0 bridgehead atoms. The van der Waals surface area contributed by atoms with Gasteiger partial charge in [-0.1, -0.05) is 0 Å². The summed E-state index contributed by atoms with van der Waals surface area (Å²) in [6.45, 7) is 1.18. The average Bonchev–Trinajstić information content (AvgIpc) is 2.26. The molecule has 1 aliphatic rings. The zero-order valence-electron chi connectivity index (χ0n) is 8.92. The van der Waals surface area contributed by atoms with Crippen molar-refractivity contribution in [2.24, 2.45) is 0 Å². The second-order valence-corrected chi connectivity index (χ2v) is 3.60. The van der Waals surface area contributed by atoms with E-state index in [0.29, 0.717) is 6.54 Å². The molecule has 0 saturated carbocycles. The molecular weight excluding hydrogens is 224 g/mol. The molecule has 1 aromatic heterocycles. The molecule has 1 saturated heterocycles. The quantitative estimate of drug-likeness (QED) is 0.617. The summed E-state index contributed by atoms with van der Waals surface area (Å²) < 4.78 is 5.18. The monoisotopic (exact) mass is 234 g/mol. The highest BCUT2D eigenvalue weighted by Crippen LogP contribution is 2.22. The first-order valence-corrected chi connectivity index (χ1v) is 5.11. The lowest BCUT2D eigenvalue weighted by Crippen LogP contribution is -2.33. The van der Waals surface area contributed by atoms with Gasteiger partial charge in [-0.15, -0.1) is 0 Å². The zero-order valence-corrected chi connectivity index (χ0v) is 8.92. The molecule has 0 aromatic carbocycles. The third kappa shape index (κ3) is 2.49. The van der Waals surface area contributed by atoms with Gasteiger partial charge in [-0.05, 0) is 12.5 Å². The van der Waals surface area contributed by atoms with Crippen LogP contribution in [0.2, 0.25) is 0 Å². The fourth-order valence-corrected chi connectivity index (χ4v) is 1.45. The van der Waals surface area contributed by atoms with Gasteiger partial charge < -0.3 is 10.1 Å². The molecule has 1 aliphatic heterocycles. The van der Waals surface area contributed by atoms with E-state index in [9.17, 15) is 10.1 Å². The van der Waals surface area contributed by atoms with Crippen LogP contribution in [0.25, 0.3) is 0 Å². The Kier molecular flexibility index (Phi) is 3.16. The largest absolute Gasteiger partial charge is 0.376 e. The number of aromatic nitrogens is 1. The lowest BCUT2D eigenvalue weighted by Gasteiger charge is -2.26. The Labute approximate surface area is 97.2 Å². The van der Waals surface area contributed by atoms with Crippen LogP contribution in [-0.2, 0) is 4.74 Å². The Morgan fingerprint density at radius 3 is 3.00 bits per heavy atom. The van der Waals surface area contributed by atoms with Crippen molar-refractivity contribution < 1.29 is 9.66 Å². The van der Waals surface area contributed by atoms with Crippen LogP contribution in [0.4, 0.5) is 11.5 Å². The van der Waals surface area contributed by atoms with Crippen LogP contribution in [0.5, 0.6) is 0 Å². The molecule has 0 spiro atoms. The molecule has 1 N–H and O–H groups in total. The standard InChI is InChI=1S/C10H10N4O3/c11-5-7-1-2-9(14(15)16)10(13-7)12-6-8-3-4-17-8/h1-2,8H,3-4,6H2,(H,12,13)/t8-/m0/s1. The van der Waals surface area contributed by atoms with E-state index in [-0.39, 0.29) is 23.3 Å². The van der Waals surface area contributed by atoms with Crippen molar-refractivity contribution in [1.82, 2.24) is 4.98 Å². The topological polar surface area (TPSA) is 101 Å². The van der Waals surface area contributed by atoms with Gasteiger partial charge >= 0.3 is 5.69 Å². The van der Waals surface area contributed by atoms with Crippen LogP contribution in [0, 0.1) is 21.4 Å². The fourth-order valence-electron chi connectivity index (χ4n) is 1.45. The minimum absolute atomic E-state index is 0.0714. The number of anilines is 1. The van der Waals surface area contributed by atoms with Gasteiger partial charge in [0.15, 0.2) is 0 Å². The van der Waals surface area contributed by atoms with E-state index in [1.165, 1.54) is 12.1 Å². The van der Waals surface area contributed by atoms with Gasteiger partial charge in [-0.3, -0.25) is 10.1 Å². The third-order valence-corrected chi connectivity index (χ3v) is 2.48. The molecular formula is C10H10N4O3. The maximum Gasteiger partial charge on any atom is 0.311 e. The van der Waals surface area contributed by atoms with Crippen molar-refractivity contribution in [2.45, 2.75) is 12.5 Å². The summed E-state index contributed by atoms with van der Waals surface area (Å²) in [5.41, 5.74) is 0.0101. The molecule has 0 radical (unpaired) electrons. The van der Waals surface area contributed by atoms with Gasteiger partial charge in [0.05, 0.1) is 11.0 Å². The smallest absolute Gasteiger partial charge is 0.311 e. The first-order chi connectivity index (χ1) is 8.20. The van der Waals surface area contributed by atoms with Gasteiger partial charge in [-0.25, -0.2) is 4.98 Å². The van der Waals surface area contributed by atoms with Crippen molar-refractivity contribution in [3.8, 4) is 6.07 Å². The van der Waals surface area contributed by atoms with Crippen LogP contribution in [0.15, 0.2) is 12.1 Å². The molecule has 0 unspecified atom stereocenters. The Morgan fingerprint density at radius 1 is 1.71 bits per heavy atom. The number of ether oxygens (including phenoxy) is 1. The van der Waals surface area contributed by atoms with Crippen molar-refractivity contribution in [3.63, 3.8) is 0 Å². The molecule has 2 rings (SSSR count). The molecule has 0 amide bonds. The summed E-state index contributed by atoms with van der Waals surface area (Å²) in [5.74, 6) is 0.115. The van der Waals surface area contributed by atoms with E-state index < -0.39 is 4.92 Å². The first-order valence-electron chi connectivity index (χ1n) is 5.11. The molecule has 1 fully saturated rings. The number of pyridine rings is 1. The van der Waals surface area contributed by atoms with Crippen LogP contribution in [0.3, 0.4) is 0 Å². The molecule has 1 atom stereocenters. The predicted octanol–water partition coefficient (Wildman–Crippen LogP) is 1.06. The lowest BCUT2D eigenvalue weighted by atomic mass is 10.2. The van der Waals surface area contributed by atoms with Crippen molar-refractivity contribution >= 4 is 11.5 Å². The number of nitrogens with zero attached hydrogens (tertiary/aromatic N) is 3. The van der Waals surface area contributed by atoms with Gasteiger partial charge in [-0.2, -0.15) is 5.26 Å². The van der Waals surface area contributed by atoms with Crippen LogP contribution in [0.1, 0.15) is 12.1 Å². The van der Waals surface area contributed by atoms with Crippen molar-refractivity contribution in [2.75, 3.05) is 18.5 Å². The normalized spacial score (nSPS) is 17.9. The summed E-state index contributed by atoms with van der Waals surface area (Å²) in [7, 11) is 0. The minimum Gasteiger partial charge on any atom is -0.376 e. The minimum atomic E-state index is -0.530.